The molecule has 0 spiro atoms. The van der Waals surface area contributed by atoms with Crippen molar-refractivity contribution < 1.29 is 14.0 Å². The summed E-state index contributed by atoms with van der Waals surface area (Å²) in [7, 11) is 0. The quantitative estimate of drug-likeness (QED) is 0.440. The Morgan fingerprint density at radius 3 is 2.93 bits per heavy atom. The Morgan fingerprint density at radius 1 is 1.53 bits per heavy atom. The molecule has 0 aromatic carbocycles. The summed E-state index contributed by atoms with van der Waals surface area (Å²) in [5, 5.41) is 3.54. The van der Waals surface area contributed by atoms with Crippen molar-refractivity contribution in [3.8, 4) is 0 Å². The van der Waals surface area contributed by atoms with Crippen LogP contribution in [-0.4, -0.2) is 17.6 Å². The van der Waals surface area contributed by atoms with Crippen LogP contribution in [0.15, 0.2) is 27.3 Å². The van der Waals surface area contributed by atoms with E-state index in [1.807, 2.05) is 13.0 Å². The number of oxime groups is 1. The molecule has 0 amide bonds. The van der Waals surface area contributed by atoms with E-state index in [1.54, 1.807) is 12.1 Å². The summed E-state index contributed by atoms with van der Waals surface area (Å²) in [5.41, 5.74) is 0.773. The number of nitrogens with zero attached hydrogens (tertiary/aromatic N) is 1. The predicted octanol–water partition coefficient (Wildman–Crippen LogP) is 2.12. The van der Waals surface area contributed by atoms with E-state index >= 15 is 0 Å². The van der Waals surface area contributed by atoms with Gasteiger partial charge in [-0.25, -0.2) is 4.79 Å². The van der Waals surface area contributed by atoms with Crippen molar-refractivity contribution in [2.75, 3.05) is 5.88 Å². The van der Waals surface area contributed by atoms with Crippen molar-refractivity contribution in [1.29, 1.82) is 0 Å². The highest BCUT2D eigenvalue weighted by molar-refractivity contribution is 6.38. The topological polar surface area (TPSA) is 51.8 Å². The van der Waals surface area contributed by atoms with Crippen LogP contribution in [0.3, 0.4) is 0 Å². The van der Waals surface area contributed by atoms with Crippen LogP contribution in [0, 0.1) is 6.92 Å². The monoisotopic (exact) mass is 225 g/mol. The Labute approximate surface area is 91.1 Å². The summed E-state index contributed by atoms with van der Waals surface area (Å²) in [4.78, 5) is 15.8. The second-order valence-electron chi connectivity index (χ2n) is 3.06. The van der Waals surface area contributed by atoms with E-state index in [1.165, 1.54) is 0 Å². The lowest BCUT2D eigenvalue weighted by atomic mass is 10.1. The molecule has 0 aliphatic carbocycles. The molecule has 0 N–H and O–H groups in total. The van der Waals surface area contributed by atoms with Crippen LogP contribution in [-0.2, 0) is 9.63 Å². The fourth-order valence-corrected chi connectivity index (χ4v) is 1.42. The van der Waals surface area contributed by atoms with Gasteiger partial charge in [-0.2, -0.15) is 0 Å². The first-order valence-electron chi connectivity index (χ1n) is 4.33. The average molecular weight is 226 g/mol. The molecule has 4 nitrogen and oxygen atoms in total. The molecule has 2 heterocycles. The number of alkyl halides is 1. The SMILES string of the molecule is Cc1ccc(/C=C2\C(=O)ON=C2CCl)o1. The molecule has 0 saturated carbocycles. The van der Waals surface area contributed by atoms with Crippen molar-refractivity contribution in [2.45, 2.75) is 6.92 Å². The van der Waals surface area contributed by atoms with Gasteiger partial charge in [-0.15, -0.1) is 11.6 Å². The van der Waals surface area contributed by atoms with E-state index in [0.29, 0.717) is 17.0 Å². The lowest BCUT2D eigenvalue weighted by Gasteiger charge is -1.92. The fourth-order valence-electron chi connectivity index (χ4n) is 1.22. The molecule has 0 radical (unpaired) electrons. The molecule has 1 aromatic rings. The Hall–Kier alpha value is -1.55. The Morgan fingerprint density at radius 2 is 2.33 bits per heavy atom. The van der Waals surface area contributed by atoms with E-state index in [9.17, 15) is 4.79 Å². The van der Waals surface area contributed by atoms with Crippen molar-refractivity contribution in [2.24, 2.45) is 5.16 Å². The molecule has 0 saturated heterocycles. The molecule has 1 aliphatic rings. The standard InChI is InChI=1S/C10H8ClNO3/c1-6-2-3-7(14-6)4-8-9(5-11)12-15-10(8)13/h2-4H,5H2,1H3/b8-4-. The third-order valence-corrected chi connectivity index (χ3v) is 2.20. The van der Waals surface area contributed by atoms with Crippen LogP contribution in [0.5, 0.6) is 0 Å². The summed E-state index contributed by atoms with van der Waals surface area (Å²) in [5.74, 6) is 0.994. The van der Waals surface area contributed by atoms with Gasteiger partial charge in [0.1, 0.15) is 17.2 Å². The second kappa shape index (κ2) is 3.90. The van der Waals surface area contributed by atoms with Crippen LogP contribution in [0.1, 0.15) is 11.5 Å². The number of carbonyl (C=O) groups is 1. The first kappa shape index (κ1) is 9.98. The molecule has 15 heavy (non-hydrogen) atoms. The summed E-state index contributed by atoms with van der Waals surface area (Å²) in [6.45, 7) is 1.82. The van der Waals surface area contributed by atoms with Gasteiger partial charge >= 0.3 is 5.97 Å². The number of furan rings is 1. The maximum Gasteiger partial charge on any atom is 0.367 e. The number of hydrogen-bond acceptors (Lipinski definition) is 4. The van der Waals surface area contributed by atoms with Crippen molar-refractivity contribution in [3.05, 3.63) is 29.2 Å². The predicted molar refractivity (Wildman–Crippen MR) is 55.7 cm³/mol. The van der Waals surface area contributed by atoms with Crippen LogP contribution in [0.25, 0.3) is 6.08 Å². The van der Waals surface area contributed by atoms with Crippen LogP contribution in [0.4, 0.5) is 0 Å². The Bertz CT molecular complexity index is 459. The van der Waals surface area contributed by atoms with E-state index in [-0.39, 0.29) is 5.88 Å². The maximum absolute atomic E-state index is 11.2. The van der Waals surface area contributed by atoms with Gasteiger partial charge < -0.3 is 9.25 Å². The van der Waals surface area contributed by atoms with Gasteiger partial charge in [0.15, 0.2) is 0 Å². The highest BCUT2D eigenvalue weighted by atomic mass is 35.5. The van der Waals surface area contributed by atoms with E-state index < -0.39 is 5.97 Å². The van der Waals surface area contributed by atoms with Crippen molar-refractivity contribution >= 4 is 29.4 Å². The fraction of sp³-hybridized carbons (Fsp3) is 0.200. The van der Waals surface area contributed by atoms with Crippen LogP contribution in [0.2, 0.25) is 0 Å². The largest absolute Gasteiger partial charge is 0.462 e. The summed E-state index contributed by atoms with van der Waals surface area (Å²) in [6.07, 6.45) is 1.57. The van der Waals surface area contributed by atoms with E-state index in [0.717, 1.165) is 5.76 Å². The number of halogens is 1. The van der Waals surface area contributed by atoms with Gasteiger partial charge in [-0.1, -0.05) is 5.16 Å². The molecule has 78 valence electrons. The summed E-state index contributed by atoms with van der Waals surface area (Å²) >= 11 is 5.60. The average Bonchev–Trinajstić information content (AvgIpc) is 2.76. The molecule has 0 fully saturated rings. The zero-order valence-electron chi connectivity index (χ0n) is 7.99. The molecule has 1 aromatic heterocycles. The first-order chi connectivity index (χ1) is 7.20. The van der Waals surface area contributed by atoms with E-state index in [2.05, 4.69) is 9.99 Å². The number of hydrogen-bond donors (Lipinski definition) is 0. The van der Waals surface area contributed by atoms with Crippen molar-refractivity contribution in [3.63, 3.8) is 0 Å². The number of rotatable bonds is 2. The molecule has 1 aliphatic heterocycles. The third-order valence-electron chi connectivity index (χ3n) is 1.94. The number of carbonyl (C=O) groups excluding carboxylic acids is 1. The third kappa shape index (κ3) is 1.94. The lowest BCUT2D eigenvalue weighted by molar-refractivity contribution is -0.136. The summed E-state index contributed by atoms with van der Waals surface area (Å²) in [6, 6.07) is 3.57. The van der Waals surface area contributed by atoms with Gasteiger partial charge in [0.05, 0.1) is 11.5 Å². The molecule has 0 unspecified atom stereocenters. The van der Waals surface area contributed by atoms with Gasteiger partial charge in [0.25, 0.3) is 0 Å². The Balaban J connectivity index is 2.33. The van der Waals surface area contributed by atoms with Gasteiger partial charge in [0.2, 0.25) is 0 Å². The Kier molecular flexibility index (Phi) is 2.60. The van der Waals surface area contributed by atoms with Crippen LogP contribution < -0.4 is 0 Å². The van der Waals surface area contributed by atoms with Crippen molar-refractivity contribution in [1.82, 2.24) is 0 Å². The second-order valence-corrected chi connectivity index (χ2v) is 3.32. The first-order valence-corrected chi connectivity index (χ1v) is 4.87. The van der Waals surface area contributed by atoms with Gasteiger partial charge in [-0.3, -0.25) is 0 Å². The normalized spacial score (nSPS) is 18.1. The lowest BCUT2D eigenvalue weighted by Crippen LogP contribution is -2.06. The molecular weight excluding hydrogens is 218 g/mol. The van der Waals surface area contributed by atoms with E-state index in [4.69, 9.17) is 16.0 Å². The highest BCUT2D eigenvalue weighted by Crippen LogP contribution is 2.17. The minimum Gasteiger partial charge on any atom is -0.462 e. The smallest absolute Gasteiger partial charge is 0.367 e. The molecule has 2 rings (SSSR count). The van der Waals surface area contributed by atoms with Crippen LogP contribution >= 0.6 is 11.6 Å². The minimum atomic E-state index is -0.500. The molecule has 5 heteroatoms. The maximum atomic E-state index is 11.2. The number of aryl methyl sites for hydroxylation is 1. The summed E-state index contributed by atoms with van der Waals surface area (Å²) < 4.78 is 5.30. The zero-order chi connectivity index (χ0) is 10.8. The zero-order valence-corrected chi connectivity index (χ0v) is 8.75. The molecule has 0 bridgehead atoms. The molecule has 0 atom stereocenters. The highest BCUT2D eigenvalue weighted by Gasteiger charge is 2.24. The van der Waals surface area contributed by atoms with Gasteiger partial charge in [0, 0.05) is 0 Å². The molecular formula is C10H8ClNO3. The minimum absolute atomic E-state index is 0.136. The van der Waals surface area contributed by atoms with Gasteiger partial charge in [-0.05, 0) is 25.1 Å².